The van der Waals surface area contributed by atoms with E-state index in [1.165, 1.54) is 19.2 Å². The Morgan fingerprint density at radius 3 is 2.71 bits per heavy atom. The molecule has 21 heavy (non-hydrogen) atoms. The molecule has 1 unspecified atom stereocenters. The molecule has 0 spiro atoms. The van der Waals surface area contributed by atoms with Crippen LogP contribution in [-0.2, 0) is 16.0 Å². The molecule has 114 valence electrons. The highest BCUT2D eigenvalue weighted by Crippen LogP contribution is 2.29. The smallest absolute Gasteiger partial charge is 0.322 e. The van der Waals surface area contributed by atoms with Crippen molar-refractivity contribution in [2.75, 3.05) is 25.1 Å². The van der Waals surface area contributed by atoms with E-state index in [4.69, 9.17) is 5.73 Å². The first-order valence-electron chi connectivity index (χ1n) is 6.88. The van der Waals surface area contributed by atoms with Crippen LogP contribution in [0.25, 0.3) is 0 Å². The zero-order chi connectivity index (χ0) is 15.4. The number of nitro benzene ring substituents is 1. The second-order valence-corrected chi connectivity index (χ2v) is 5.10. The molecule has 2 N–H and O–H groups in total. The molecule has 1 aliphatic heterocycles. The molecule has 7 heteroatoms. The van der Waals surface area contributed by atoms with Crippen molar-refractivity contribution in [2.45, 2.75) is 25.3 Å². The molecule has 1 aromatic carbocycles. The topological polar surface area (TPSA) is 98.7 Å². The van der Waals surface area contributed by atoms with Crippen molar-refractivity contribution in [1.82, 2.24) is 0 Å². The Balaban J connectivity index is 2.31. The maximum atomic E-state index is 11.5. The second kappa shape index (κ2) is 6.53. The molecule has 2 rings (SSSR count). The van der Waals surface area contributed by atoms with Crippen molar-refractivity contribution >= 4 is 17.3 Å². The number of methoxy groups -OCH3 is 1. The highest BCUT2D eigenvalue weighted by Gasteiger charge is 2.22. The summed E-state index contributed by atoms with van der Waals surface area (Å²) >= 11 is 0. The van der Waals surface area contributed by atoms with Crippen molar-refractivity contribution in [3.63, 3.8) is 0 Å². The van der Waals surface area contributed by atoms with Crippen LogP contribution in [0.1, 0.15) is 18.4 Å². The van der Waals surface area contributed by atoms with E-state index in [1.54, 1.807) is 6.07 Å². The van der Waals surface area contributed by atoms with Gasteiger partial charge in [0.25, 0.3) is 5.69 Å². The number of hydrogen-bond acceptors (Lipinski definition) is 6. The van der Waals surface area contributed by atoms with Crippen LogP contribution >= 0.6 is 0 Å². The number of carbonyl (C=O) groups is 1. The van der Waals surface area contributed by atoms with Gasteiger partial charge in [-0.3, -0.25) is 14.9 Å². The number of esters is 1. The third-order valence-electron chi connectivity index (χ3n) is 3.66. The van der Waals surface area contributed by atoms with Gasteiger partial charge in [0.1, 0.15) is 6.04 Å². The summed E-state index contributed by atoms with van der Waals surface area (Å²) in [4.78, 5) is 24.1. The highest BCUT2D eigenvalue weighted by atomic mass is 16.6. The molecule has 1 aromatic rings. The fourth-order valence-corrected chi connectivity index (χ4v) is 2.59. The van der Waals surface area contributed by atoms with Crippen molar-refractivity contribution in [3.05, 3.63) is 33.9 Å². The third-order valence-corrected chi connectivity index (χ3v) is 3.66. The largest absolute Gasteiger partial charge is 0.468 e. The van der Waals surface area contributed by atoms with Gasteiger partial charge in [-0.25, -0.2) is 0 Å². The van der Waals surface area contributed by atoms with Crippen molar-refractivity contribution in [3.8, 4) is 0 Å². The summed E-state index contributed by atoms with van der Waals surface area (Å²) in [5, 5.41) is 10.9. The molecular formula is C14H19N3O4. The Morgan fingerprint density at radius 2 is 2.14 bits per heavy atom. The van der Waals surface area contributed by atoms with Crippen LogP contribution in [0.15, 0.2) is 18.2 Å². The van der Waals surface area contributed by atoms with E-state index < -0.39 is 16.9 Å². The van der Waals surface area contributed by atoms with Crippen LogP contribution in [0.3, 0.4) is 0 Å². The minimum atomic E-state index is -0.821. The minimum Gasteiger partial charge on any atom is -0.468 e. The summed E-state index contributed by atoms with van der Waals surface area (Å²) < 4.78 is 4.62. The first-order valence-corrected chi connectivity index (χ1v) is 6.88. The first kappa shape index (κ1) is 15.2. The van der Waals surface area contributed by atoms with Crippen molar-refractivity contribution in [2.24, 2.45) is 5.73 Å². The number of nitrogens with zero attached hydrogens (tertiary/aromatic N) is 2. The van der Waals surface area contributed by atoms with Gasteiger partial charge in [0.15, 0.2) is 0 Å². The molecule has 0 saturated carbocycles. The van der Waals surface area contributed by atoms with Crippen LogP contribution in [0, 0.1) is 10.1 Å². The first-order chi connectivity index (χ1) is 10.0. The fourth-order valence-electron chi connectivity index (χ4n) is 2.59. The summed E-state index contributed by atoms with van der Waals surface area (Å²) in [7, 11) is 1.27. The molecule has 0 bridgehead atoms. The van der Waals surface area contributed by atoms with Crippen LogP contribution in [0.4, 0.5) is 11.4 Å². The molecule has 1 heterocycles. The summed E-state index contributed by atoms with van der Waals surface area (Å²) in [5.74, 6) is -0.520. The summed E-state index contributed by atoms with van der Waals surface area (Å²) in [6.45, 7) is 1.83. The average molecular weight is 293 g/mol. The molecule has 1 aliphatic rings. The van der Waals surface area contributed by atoms with Crippen molar-refractivity contribution < 1.29 is 14.5 Å². The standard InChI is InChI=1S/C14H19N3O4/c1-21-14(18)12(15)9-10-8-11(17(19)20)4-5-13(10)16-6-2-3-7-16/h4-5,8,12H,2-3,6-7,9,15H2,1H3. The Labute approximate surface area is 122 Å². The number of ether oxygens (including phenoxy) is 1. The lowest BCUT2D eigenvalue weighted by molar-refractivity contribution is -0.384. The van der Waals surface area contributed by atoms with Gasteiger partial charge >= 0.3 is 5.97 Å². The second-order valence-electron chi connectivity index (χ2n) is 5.10. The van der Waals surface area contributed by atoms with Crippen LogP contribution in [0.5, 0.6) is 0 Å². The molecule has 7 nitrogen and oxygen atoms in total. The summed E-state index contributed by atoms with van der Waals surface area (Å²) in [6, 6.07) is 3.90. The molecule has 0 radical (unpaired) electrons. The Hall–Kier alpha value is -2.15. The lowest BCUT2D eigenvalue weighted by Crippen LogP contribution is -2.34. The van der Waals surface area contributed by atoms with Gasteiger partial charge < -0.3 is 15.4 Å². The molecular weight excluding hydrogens is 274 g/mol. The Bertz CT molecular complexity index is 541. The Kier molecular flexibility index (Phi) is 4.74. The van der Waals surface area contributed by atoms with E-state index >= 15 is 0 Å². The van der Waals surface area contributed by atoms with Crippen molar-refractivity contribution in [1.29, 1.82) is 0 Å². The number of benzene rings is 1. The maximum absolute atomic E-state index is 11.5. The summed E-state index contributed by atoms with van der Waals surface area (Å²) in [5.41, 5.74) is 7.42. The van der Waals surface area contributed by atoms with Crippen LogP contribution in [0.2, 0.25) is 0 Å². The lowest BCUT2D eigenvalue weighted by atomic mass is 10.0. The SMILES string of the molecule is COC(=O)C(N)Cc1cc([N+](=O)[O-])ccc1N1CCCC1. The van der Waals surface area contributed by atoms with Gasteiger partial charge in [-0.2, -0.15) is 0 Å². The number of anilines is 1. The number of hydrogen-bond donors (Lipinski definition) is 1. The van der Waals surface area contributed by atoms with E-state index in [-0.39, 0.29) is 12.1 Å². The number of carbonyl (C=O) groups excluding carboxylic acids is 1. The summed E-state index contributed by atoms with van der Waals surface area (Å²) in [6.07, 6.45) is 2.42. The van der Waals surface area contributed by atoms with E-state index in [2.05, 4.69) is 9.64 Å². The van der Waals surface area contributed by atoms with E-state index in [0.717, 1.165) is 31.6 Å². The zero-order valence-electron chi connectivity index (χ0n) is 11.9. The van der Waals surface area contributed by atoms with Gasteiger partial charge in [0.05, 0.1) is 12.0 Å². The van der Waals surface area contributed by atoms with Gasteiger partial charge in [-0.15, -0.1) is 0 Å². The molecule has 0 aliphatic carbocycles. The maximum Gasteiger partial charge on any atom is 0.322 e. The van der Waals surface area contributed by atoms with Gasteiger partial charge in [-0.05, 0) is 24.5 Å². The molecule has 1 fully saturated rings. The van der Waals surface area contributed by atoms with Crippen LogP contribution in [-0.4, -0.2) is 37.1 Å². The van der Waals surface area contributed by atoms with E-state index in [0.29, 0.717) is 5.56 Å². The Morgan fingerprint density at radius 1 is 1.48 bits per heavy atom. The monoisotopic (exact) mass is 293 g/mol. The average Bonchev–Trinajstić information content (AvgIpc) is 3.00. The van der Waals surface area contributed by atoms with Gasteiger partial charge in [-0.1, -0.05) is 0 Å². The van der Waals surface area contributed by atoms with Crippen LogP contribution < -0.4 is 10.6 Å². The predicted octanol–water partition coefficient (Wildman–Crippen LogP) is 1.24. The fraction of sp³-hybridized carbons (Fsp3) is 0.500. The zero-order valence-corrected chi connectivity index (χ0v) is 11.9. The van der Waals surface area contributed by atoms with E-state index in [9.17, 15) is 14.9 Å². The normalized spacial score (nSPS) is 15.8. The molecule has 1 saturated heterocycles. The number of nitrogens with two attached hydrogens (primary N) is 1. The highest BCUT2D eigenvalue weighted by molar-refractivity contribution is 5.76. The van der Waals surface area contributed by atoms with Gasteiger partial charge in [0, 0.05) is 37.3 Å². The minimum absolute atomic E-state index is 0.00464. The molecule has 1 atom stereocenters. The molecule has 0 amide bonds. The molecule has 0 aromatic heterocycles. The number of nitro groups is 1. The number of non-ortho nitro benzene ring substituents is 1. The van der Waals surface area contributed by atoms with E-state index in [1.807, 2.05) is 0 Å². The quantitative estimate of drug-likeness (QED) is 0.498. The third kappa shape index (κ3) is 3.49. The van der Waals surface area contributed by atoms with Gasteiger partial charge in [0.2, 0.25) is 0 Å². The lowest BCUT2D eigenvalue weighted by Gasteiger charge is -2.22. The number of rotatable bonds is 5. The predicted molar refractivity (Wildman–Crippen MR) is 78.2 cm³/mol.